The second-order valence-electron chi connectivity index (χ2n) is 18.3. The molecule has 7 nitrogen and oxygen atoms in total. The van der Waals surface area contributed by atoms with Gasteiger partial charge in [0.1, 0.15) is 11.5 Å². The second kappa shape index (κ2) is 16.8. The molecule has 1 saturated heterocycles. The van der Waals surface area contributed by atoms with Crippen molar-refractivity contribution in [1.82, 2.24) is 4.90 Å². The number of methoxy groups -OCH3 is 1. The van der Waals surface area contributed by atoms with Crippen LogP contribution in [0.4, 0.5) is 0 Å². The first kappa shape index (κ1) is 40.3. The van der Waals surface area contributed by atoms with Gasteiger partial charge in [-0.05, 0) is 145 Å². The fourth-order valence-corrected chi connectivity index (χ4v) is 8.57. The van der Waals surface area contributed by atoms with Gasteiger partial charge < -0.3 is 19.1 Å². The molecular weight excluding hydrogens is 687 g/mol. The monoisotopic (exact) mass is 747 g/mol. The third kappa shape index (κ3) is 10.1. The zero-order chi connectivity index (χ0) is 39.5. The van der Waals surface area contributed by atoms with Crippen LogP contribution in [-0.4, -0.2) is 55.0 Å². The van der Waals surface area contributed by atoms with Crippen molar-refractivity contribution in [2.24, 2.45) is 28.6 Å². The Hall–Kier alpha value is -4.39. The summed E-state index contributed by atoms with van der Waals surface area (Å²) in [4.78, 5) is 37.4. The molecule has 4 aromatic carbocycles. The van der Waals surface area contributed by atoms with E-state index in [2.05, 4.69) is 59.7 Å². The van der Waals surface area contributed by atoms with Crippen molar-refractivity contribution >= 4 is 39.2 Å². The van der Waals surface area contributed by atoms with Crippen LogP contribution in [0.15, 0.2) is 72.8 Å². The molecule has 7 heteroatoms. The number of esters is 1. The Bertz CT molecular complexity index is 1980. The van der Waals surface area contributed by atoms with Crippen LogP contribution in [0.25, 0.3) is 21.5 Å². The van der Waals surface area contributed by atoms with Crippen LogP contribution < -0.4 is 9.47 Å². The number of carbonyl (C=O) groups is 3. The molecule has 1 heterocycles. The van der Waals surface area contributed by atoms with E-state index in [1.54, 1.807) is 11.8 Å². The number of amides is 1. The highest BCUT2D eigenvalue weighted by atomic mass is 16.5. The van der Waals surface area contributed by atoms with Crippen LogP contribution >= 0.6 is 0 Å². The van der Waals surface area contributed by atoms with E-state index >= 15 is 0 Å². The Morgan fingerprint density at radius 3 is 1.38 bits per heavy atom. The molecule has 7 rings (SSSR count). The van der Waals surface area contributed by atoms with Gasteiger partial charge >= 0.3 is 5.97 Å². The average molecular weight is 748 g/mol. The van der Waals surface area contributed by atoms with Crippen LogP contribution in [0, 0.1) is 28.6 Å². The van der Waals surface area contributed by atoms with Gasteiger partial charge in [0.05, 0.1) is 25.2 Å². The van der Waals surface area contributed by atoms with E-state index in [4.69, 9.17) is 14.2 Å². The minimum absolute atomic E-state index is 0.0435. The number of Topliss-reactive ketones (excluding diaryl/α,β-unsaturated/α-hetero) is 1. The number of hydrogen-bond acceptors (Lipinski definition) is 6. The molecule has 0 radical (unpaired) electrons. The molecular formula is C48H61NO6. The summed E-state index contributed by atoms with van der Waals surface area (Å²) in [6.07, 6.45) is 10.1. The highest BCUT2D eigenvalue weighted by molar-refractivity contribution is 6.00. The standard InChI is InChI=1S/C26H33NO4.C22H28O2/c1-26(2,3)21-8-11-22(12-9-21)31-23-10-7-17-13-19(6-5-18(17)14-23)24(28)27-15-20(16-27)25(29)30-4;1-15(23)16-5-6-18-14-21(10-7-17(18)13-16)24-20-11-8-19(9-12-20)22(2,3)4/h5-7,10,13-14,20-22H,8-9,11-12,15-16H2,1-4H3;5-7,10,13-14,19-20H,8-9,11-12H2,1-4H3. The molecule has 1 amide bonds. The number of likely N-dealkylation sites (tertiary alicyclic amines) is 1. The molecule has 2 aliphatic carbocycles. The van der Waals surface area contributed by atoms with Crippen LogP contribution in [0.5, 0.6) is 11.5 Å². The average Bonchev–Trinajstić information content (AvgIpc) is 3.13. The van der Waals surface area contributed by atoms with Crippen molar-refractivity contribution in [3.63, 3.8) is 0 Å². The van der Waals surface area contributed by atoms with Crippen molar-refractivity contribution in [3.8, 4) is 11.5 Å². The molecule has 1 aliphatic heterocycles. The summed E-state index contributed by atoms with van der Waals surface area (Å²) in [5.74, 6) is 3.03. The maximum absolute atomic E-state index is 12.7. The number of fused-ring (bicyclic) bond motifs is 2. The molecule has 294 valence electrons. The smallest absolute Gasteiger partial charge is 0.312 e. The predicted molar refractivity (Wildman–Crippen MR) is 221 cm³/mol. The van der Waals surface area contributed by atoms with E-state index < -0.39 is 0 Å². The normalized spacial score (nSPS) is 21.9. The van der Waals surface area contributed by atoms with Crippen molar-refractivity contribution in [3.05, 3.63) is 83.9 Å². The maximum Gasteiger partial charge on any atom is 0.312 e. The lowest BCUT2D eigenvalue weighted by molar-refractivity contribution is -0.149. The first-order valence-electron chi connectivity index (χ1n) is 20.4. The van der Waals surface area contributed by atoms with Crippen LogP contribution in [0.1, 0.15) is 121 Å². The lowest BCUT2D eigenvalue weighted by atomic mass is 9.72. The molecule has 0 atom stereocenters. The van der Waals surface area contributed by atoms with E-state index in [-0.39, 0.29) is 29.7 Å². The minimum Gasteiger partial charge on any atom is -0.490 e. The van der Waals surface area contributed by atoms with Gasteiger partial charge in [-0.2, -0.15) is 0 Å². The zero-order valence-electron chi connectivity index (χ0n) is 34.3. The zero-order valence-corrected chi connectivity index (χ0v) is 34.3. The Labute approximate surface area is 328 Å². The van der Waals surface area contributed by atoms with Gasteiger partial charge in [0.2, 0.25) is 0 Å². The van der Waals surface area contributed by atoms with E-state index in [1.807, 2.05) is 54.6 Å². The van der Waals surface area contributed by atoms with Gasteiger partial charge in [-0.1, -0.05) is 71.9 Å². The van der Waals surface area contributed by atoms with Gasteiger partial charge in [-0.25, -0.2) is 0 Å². The summed E-state index contributed by atoms with van der Waals surface area (Å²) in [6, 6.07) is 23.9. The van der Waals surface area contributed by atoms with E-state index in [0.717, 1.165) is 76.1 Å². The summed E-state index contributed by atoms with van der Waals surface area (Å²) in [7, 11) is 1.38. The quantitative estimate of drug-likeness (QED) is 0.138. The first-order chi connectivity index (χ1) is 26.1. The third-order valence-corrected chi connectivity index (χ3v) is 12.4. The molecule has 0 N–H and O–H groups in total. The number of rotatable bonds is 7. The van der Waals surface area contributed by atoms with Crippen molar-refractivity contribution in [1.29, 1.82) is 0 Å². The fourth-order valence-electron chi connectivity index (χ4n) is 8.57. The van der Waals surface area contributed by atoms with E-state index in [9.17, 15) is 14.4 Å². The topological polar surface area (TPSA) is 82.1 Å². The van der Waals surface area contributed by atoms with Gasteiger partial charge in [0, 0.05) is 24.2 Å². The summed E-state index contributed by atoms with van der Waals surface area (Å²) in [6.45, 7) is 16.5. The van der Waals surface area contributed by atoms with Gasteiger partial charge in [-0.3, -0.25) is 14.4 Å². The molecule has 0 unspecified atom stereocenters. The molecule has 0 bridgehead atoms. The first-order valence-corrected chi connectivity index (χ1v) is 20.4. The fraction of sp³-hybridized carbons (Fsp3) is 0.521. The van der Waals surface area contributed by atoms with Gasteiger partial charge in [-0.15, -0.1) is 0 Å². The second-order valence-corrected chi connectivity index (χ2v) is 18.3. The highest BCUT2D eigenvalue weighted by Crippen LogP contribution is 2.40. The van der Waals surface area contributed by atoms with Crippen molar-refractivity contribution < 1.29 is 28.6 Å². The Kier molecular flexibility index (Phi) is 12.3. The third-order valence-electron chi connectivity index (χ3n) is 12.4. The number of hydrogen-bond donors (Lipinski definition) is 0. The molecule has 3 fully saturated rings. The maximum atomic E-state index is 12.7. The van der Waals surface area contributed by atoms with Crippen LogP contribution in [-0.2, 0) is 9.53 Å². The van der Waals surface area contributed by atoms with Crippen LogP contribution in [0.2, 0.25) is 0 Å². The largest absolute Gasteiger partial charge is 0.490 e. The number of benzene rings is 4. The van der Waals surface area contributed by atoms with Crippen molar-refractivity contribution in [2.75, 3.05) is 20.2 Å². The number of ether oxygens (including phenoxy) is 3. The van der Waals surface area contributed by atoms with Gasteiger partial charge in [0.25, 0.3) is 5.91 Å². The number of nitrogens with zero attached hydrogens (tertiary/aromatic N) is 1. The number of carbonyl (C=O) groups excluding carboxylic acids is 3. The predicted octanol–water partition coefficient (Wildman–Crippen LogP) is 11.1. The summed E-state index contributed by atoms with van der Waals surface area (Å²) in [5, 5.41) is 4.29. The Morgan fingerprint density at radius 2 is 0.964 bits per heavy atom. The minimum atomic E-state index is -0.248. The molecule has 3 aliphatic rings. The lowest BCUT2D eigenvalue weighted by Gasteiger charge is -2.37. The SMILES string of the molecule is CC(=O)c1ccc2cc(OC3CCC(C(C)(C)C)CC3)ccc2c1.COC(=O)C1CN(C(=O)c2ccc3cc(OC4CCC(C(C)(C)C)CC4)ccc3c2)C1. The van der Waals surface area contributed by atoms with E-state index in [1.165, 1.54) is 32.8 Å². The molecule has 0 aromatic heterocycles. The molecule has 0 spiro atoms. The van der Waals surface area contributed by atoms with Crippen molar-refractivity contribution in [2.45, 2.75) is 112 Å². The molecule has 55 heavy (non-hydrogen) atoms. The Balaban J connectivity index is 0.000000193. The van der Waals surface area contributed by atoms with Crippen LogP contribution in [0.3, 0.4) is 0 Å². The Morgan fingerprint density at radius 1 is 0.564 bits per heavy atom. The van der Waals surface area contributed by atoms with Gasteiger partial charge in [0.15, 0.2) is 5.78 Å². The summed E-state index contributed by atoms with van der Waals surface area (Å²) >= 11 is 0. The van der Waals surface area contributed by atoms with E-state index in [0.29, 0.717) is 35.6 Å². The molecule has 2 saturated carbocycles. The summed E-state index contributed by atoms with van der Waals surface area (Å²) in [5.41, 5.74) is 2.18. The summed E-state index contributed by atoms with van der Waals surface area (Å²) < 4.78 is 17.3. The lowest BCUT2D eigenvalue weighted by Crippen LogP contribution is -2.53. The highest BCUT2D eigenvalue weighted by Gasteiger charge is 2.37. The molecule has 4 aromatic rings. The number of ketones is 1.